The minimum Gasteiger partial charge on any atom is -0.311 e. The molecule has 2 saturated carbocycles. The summed E-state index contributed by atoms with van der Waals surface area (Å²) >= 11 is 1.87. The Bertz CT molecular complexity index is 379. The van der Waals surface area contributed by atoms with Crippen molar-refractivity contribution in [3.05, 3.63) is 21.9 Å². The first kappa shape index (κ1) is 13.6. The summed E-state index contributed by atoms with van der Waals surface area (Å²) < 4.78 is 0. The average Bonchev–Trinajstić information content (AvgIpc) is 3.30. The monoisotopic (exact) mass is 278 g/mol. The maximum Gasteiger partial charge on any atom is 0.0302 e. The van der Waals surface area contributed by atoms with Crippen LogP contribution < -0.4 is 5.32 Å². The summed E-state index contributed by atoms with van der Waals surface area (Å²) in [5.74, 6) is 2.05. The third-order valence-electron chi connectivity index (χ3n) is 4.29. The molecule has 2 fully saturated rings. The van der Waals surface area contributed by atoms with Gasteiger partial charge in [0.1, 0.15) is 0 Å². The van der Waals surface area contributed by atoms with Crippen LogP contribution in [0.15, 0.2) is 11.4 Å². The maximum atomic E-state index is 3.62. The molecule has 0 amide bonds. The second kappa shape index (κ2) is 6.38. The molecule has 2 aliphatic rings. The molecule has 2 nitrogen and oxygen atoms in total. The normalized spacial score (nSPS) is 19.3. The third-order valence-corrected chi connectivity index (χ3v) is 5.31. The summed E-state index contributed by atoms with van der Waals surface area (Å²) in [5.41, 5.74) is 1.44. The number of aryl methyl sites for hydroxylation is 1. The van der Waals surface area contributed by atoms with E-state index in [1.807, 2.05) is 11.3 Å². The van der Waals surface area contributed by atoms with Crippen molar-refractivity contribution in [2.75, 3.05) is 26.2 Å². The SMILES string of the molecule is Cc1ccsc1CNCCN(CC1CC1)CC1CC1. The van der Waals surface area contributed by atoms with Crippen molar-refractivity contribution in [3.63, 3.8) is 0 Å². The Balaban J connectivity index is 1.35. The Morgan fingerprint density at radius 3 is 2.42 bits per heavy atom. The Morgan fingerprint density at radius 2 is 1.89 bits per heavy atom. The first-order chi connectivity index (χ1) is 9.31. The first-order valence-corrected chi connectivity index (χ1v) is 8.65. The van der Waals surface area contributed by atoms with Crippen LogP contribution in [0.25, 0.3) is 0 Å². The molecule has 0 aliphatic heterocycles. The molecule has 3 heteroatoms. The van der Waals surface area contributed by atoms with Crippen LogP contribution in [0.5, 0.6) is 0 Å². The Labute approximate surface area is 121 Å². The van der Waals surface area contributed by atoms with Gasteiger partial charge in [0, 0.05) is 37.6 Å². The van der Waals surface area contributed by atoms with Crippen LogP contribution >= 0.6 is 11.3 Å². The lowest BCUT2D eigenvalue weighted by atomic mass is 10.3. The molecule has 0 unspecified atom stereocenters. The van der Waals surface area contributed by atoms with Crippen molar-refractivity contribution < 1.29 is 0 Å². The van der Waals surface area contributed by atoms with E-state index in [-0.39, 0.29) is 0 Å². The van der Waals surface area contributed by atoms with Crippen molar-refractivity contribution in [3.8, 4) is 0 Å². The molecule has 0 aromatic carbocycles. The van der Waals surface area contributed by atoms with Crippen molar-refractivity contribution >= 4 is 11.3 Å². The summed E-state index contributed by atoms with van der Waals surface area (Å²) in [6.45, 7) is 8.34. The van der Waals surface area contributed by atoms with Gasteiger partial charge in [-0.15, -0.1) is 11.3 Å². The molecule has 0 radical (unpaired) electrons. The van der Waals surface area contributed by atoms with Gasteiger partial charge in [-0.1, -0.05) is 0 Å². The van der Waals surface area contributed by atoms with Gasteiger partial charge in [-0.2, -0.15) is 0 Å². The molecular formula is C16H26N2S. The smallest absolute Gasteiger partial charge is 0.0302 e. The van der Waals surface area contributed by atoms with Crippen LogP contribution in [0.2, 0.25) is 0 Å². The topological polar surface area (TPSA) is 15.3 Å². The van der Waals surface area contributed by atoms with Crippen LogP contribution in [0.3, 0.4) is 0 Å². The van der Waals surface area contributed by atoms with E-state index >= 15 is 0 Å². The van der Waals surface area contributed by atoms with Gasteiger partial charge in [-0.3, -0.25) is 0 Å². The van der Waals surface area contributed by atoms with Crippen LogP contribution in [-0.4, -0.2) is 31.1 Å². The van der Waals surface area contributed by atoms with E-state index in [0.29, 0.717) is 0 Å². The molecule has 3 rings (SSSR count). The predicted molar refractivity (Wildman–Crippen MR) is 82.7 cm³/mol. The Kier molecular flexibility index (Phi) is 4.57. The second-order valence-electron chi connectivity index (χ2n) is 6.35. The first-order valence-electron chi connectivity index (χ1n) is 7.77. The second-order valence-corrected chi connectivity index (χ2v) is 7.35. The van der Waals surface area contributed by atoms with Gasteiger partial charge in [0.25, 0.3) is 0 Å². The van der Waals surface area contributed by atoms with Crippen LogP contribution in [0.1, 0.15) is 36.1 Å². The van der Waals surface area contributed by atoms with Crippen molar-refractivity contribution in [2.24, 2.45) is 11.8 Å². The molecule has 0 bridgehead atoms. The highest BCUT2D eigenvalue weighted by Gasteiger charge is 2.28. The van der Waals surface area contributed by atoms with E-state index in [2.05, 4.69) is 28.6 Å². The number of thiophene rings is 1. The van der Waals surface area contributed by atoms with Gasteiger partial charge in [0.15, 0.2) is 0 Å². The number of hydrogen-bond acceptors (Lipinski definition) is 3. The summed E-state index contributed by atoms with van der Waals surface area (Å²) in [6, 6.07) is 2.22. The highest BCUT2D eigenvalue weighted by Crippen LogP contribution is 2.33. The highest BCUT2D eigenvalue weighted by molar-refractivity contribution is 7.10. The highest BCUT2D eigenvalue weighted by atomic mass is 32.1. The number of nitrogens with one attached hydrogen (secondary N) is 1. The number of nitrogens with zero attached hydrogens (tertiary/aromatic N) is 1. The number of hydrogen-bond donors (Lipinski definition) is 1. The van der Waals surface area contributed by atoms with E-state index in [1.54, 1.807) is 0 Å². The molecule has 1 N–H and O–H groups in total. The summed E-state index contributed by atoms with van der Waals surface area (Å²) in [7, 11) is 0. The van der Waals surface area contributed by atoms with Crippen molar-refractivity contribution in [2.45, 2.75) is 39.2 Å². The zero-order chi connectivity index (χ0) is 13.1. The molecular weight excluding hydrogens is 252 g/mol. The average molecular weight is 278 g/mol. The molecule has 1 aromatic heterocycles. The van der Waals surface area contributed by atoms with E-state index in [1.165, 1.54) is 55.8 Å². The minimum atomic E-state index is 1.03. The zero-order valence-electron chi connectivity index (χ0n) is 12.0. The molecule has 106 valence electrons. The lowest BCUT2D eigenvalue weighted by Crippen LogP contribution is -2.35. The summed E-state index contributed by atoms with van der Waals surface area (Å²) in [5, 5.41) is 5.81. The lowest BCUT2D eigenvalue weighted by Gasteiger charge is -2.22. The molecule has 19 heavy (non-hydrogen) atoms. The van der Waals surface area contributed by atoms with Gasteiger partial charge >= 0.3 is 0 Å². The van der Waals surface area contributed by atoms with Gasteiger partial charge in [0.05, 0.1) is 0 Å². The maximum absolute atomic E-state index is 3.62. The fraction of sp³-hybridized carbons (Fsp3) is 0.750. The van der Waals surface area contributed by atoms with Gasteiger partial charge in [0.2, 0.25) is 0 Å². The van der Waals surface area contributed by atoms with Crippen LogP contribution in [0.4, 0.5) is 0 Å². The van der Waals surface area contributed by atoms with Crippen molar-refractivity contribution in [1.29, 1.82) is 0 Å². The third kappa shape index (κ3) is 4.59. The van der Waals surface area contributed by atoms with E-state index < -0.39 is 0 Å². The summed E-state index contributed by atoms with van der Waals surface area (Å²) in [4.78, 5) is 4.21. The van der Waals surface area contributed by atoms with Crippen molar-refractivity contribution in [1.82, 2.24) is 10.2 Å². The molecule has 0 atom stereocenters. The quantitative estimate of drug-likeness (QED) is 0.698. The zero-order valence-corrected chi connectivity index (χ0v) is 12.8. The molecule has 0 spiro atoms. The molecule has 2 aliphatic carbocycles. The minimum absolute atomic E-state index is 1.03. The fourth-order valence-electron chi connectivity index (χ4n) is 2.61. The largest absolute Gasteiger partial charge is 0.311 e. The molecule has 1 heterocycles. The fourth-order valence-corrected chi connectivity index (χ4v) is 3.49. The van der Waals surface area contributed by atoms with Gasteiger partial charge in [-0.05, 0) is 61.5 Å². The van der Waals surface area contributed by atoms with Crippen LogP contribution in [0, 0.1) is 18.8 Å². The van der Waals surface area contributed by atoms with Crippen LogP contribution in [-0.2, 0) is 6.54 Å². The molecule has 0 saturated heterocycles. The summed E-state index contributed by atoms with van der Waals surface area (Å²) in [6.07, 6.45) is 5.90. The Hall–Kier alpha value is -0.380. The van der Waals surface area contributed by atoms with E-state index in [4.69, 9.17) is 0 Å². The predicted octanol–water partition coefficient (Wildman–Crippen LogP) is 3.27. The van der Waals surface area contributed by atoms with E-state index in [0.717, 1.165) is 24.9 Å². The van der Waals surface area contributed by atoms with Gasteiger partial charge < -0.3 is 10.2 Å². The van der Waals surface area contributed by atoms with E-state index in [9.17, 15) is 0 Å². The lowest BCUT2D eigenvalue weighted by molar-refractivity contribution is 0.252. The standard InChI is InChI=1S/C16H26N2S/c1-13-6-9-19-16(13)10-17-7-8-18(11-14-2-3-14)12-15-4-5-15/h6,9,14-15,17H,2-5,7-8,10-12H2,1H3. The number of rotatable bonds is 9. The Morgan fingerprint density at radius 1 is 1.21 bits per heavy atom. The van der Waals surface area contributed by atoms with Gasteiger partial charge in [-0.25, -0.2) is 0 Å². The molecule has 1 aromatic rings.